The largest absolute Gasteiger partial charge is 0.348 e. The number of nitrogens with one attached hydrogen (secondary N) is 3. The molecule has 0 bridgehead atoms. The van der Waals surface area contributed by atoms with Gasteiger partial charge in [0.25, 0.3) is 0 Å². The Morgan fingerprint density at radius 2 is 1.59 bits per heavy atom. The Kier molecular flexibility index (Phi) is 7.86. The van der Waals surface area contributed by atoms with Gasteiger partial charge in [0.2, 0.25) is 5.91 Å². The molecule has 0 saturated heterocycles. The molecule has 2 atom stereocenters. The summed E-state index contributed by atoms with van der Waals surface area (Å²) in [6.45, 7) is 6.01. The number of hydrogen-bond donors (Lipinski definition) is 3. The lowest BCUT2D eigenvalue weighted by atomic mass is 10.1. The lowest BCUT2D eigenvalue weighted by Crippen LogP contribution is -2.48. The molecule has 5 heteroatoms. The highest BCUT2D eigenvalue weighted by Crippen LogP contribution is 2.13. The van der Waals surface area contributed by atoms with Crippen LogP contribution in [0, 0.1) is 0 Å². The average molecular weight is 367 g/mol. The molecule has 5 nitrogen and oxygen atoms in total. The maximum absolute atomic E-state index is 12.6. The third-order valence-corrected chi connectivity index (χ3v) is 4.48. The summed E-state index contributed by atoms with van der Waals surface area (Å²) in [6, 6.07) is 16.4. The van der Waals surface area contributed by atoms with Crippen LogP contribution in [0.4, 0.5) is 10.5 Å². The van der Waals surface area contributed by atoms with E-state index < -0.39 is 6.04 Å². The molecule has 0 aliphatic heterocycles. The van der Waals surface area contributed by atoms with Crippen LogP contribution >= 0.6 is 0 Å². The molecule has 0 spiro atoms. The lowest BCUT2D eigenvalue weighted by molar-refractivity contribution is -0.123. The van der Waals surface area contributed by atoms with Crippen LogP contribution in [0.2, 0.25) is 0 Å². The second-order valence-corrected chi connectivity index (χ2v) is 6.63. The molecule has 0 radical (unpaired) electrons. The van der Waals surface area contributed by atoms with E-state index in [2.05, 4.69) is 22.9 Å². The zero-order valence-electron chi connectivity index (χ0n) is 16.3. The number of anilines is 1. The first kappa shape index (κ1) is 20.5. The predicted molar refractivity (Wildman–Crippen MR) is 110 cm³/mol. The molecule has 0 heterocycles. The van der Waals surface area contributed by atoms with Gasteiger partial charge in [-0.3, -0.25) is 4.79 Å². The molecule has 0 saturated carbocycles. The Bertz CT molecular complexity index is 729. The molecule has 2 rings (SSSR count). The molecule has 144 valence electrons. The first-order valence-electron chi connectivity index (χ1n) is 9.55. The number of urea groups is 1. The van der Waals surface area contributed by atoms with Crippen LogP contribution in [0.3, 0.4) is 0 Å². The highest BCUT2D eigenvalue weighted by Gasteiger charge is 2.21. The summed E-state index contributed by atoms with van der Waals surface area (Å²) in [7, 11) is 0. The summed E-state index contributed by atoms with van der Waals surface area (Å²) in [5.41, 5.74) is 2.94. The van der Waals surface area contributed by atoms with E-state index in [1.807, 2.05) is 68.4 Å². The van der Waals surface area contributed by atoms with Gasteiger partial charge in [-0.2, -0.15) is 0 Å². The van der Waals surface area contributed by atoms with Gasteiger partial charge in [0.05, 0.1) is 6.04 Å². The monoisotopic (exact) mass is 367 g/mol. The van der Waals surface area contributed by atoms with Gasteiger partial charge in [0.15, 0.2) is 0 Å². The maximum atomic E-state index is 12.6. The Morgan fingerprint density at radius 3 is 2.19 bits per heavy atom. The smallest absolute Gasteiger partial charge is 0.319 e. The van der Waals surface area contributed by atoms with Crippen molar-refractivity contribution in [3.05, 3.63) is 65.7 Å². The summed E-state index contributed by atoms with van der Waals surface area (Å²) >= 11 is 0. The molecule has 3 amide bonds. The van der Waals surface area contributed by atoms with E-state index >= 15 is 0 Å². The Labute approximate surface area is 161 Å². The maximum Gasteiger partial charge on any atom is 0.319 e. The topological polar surface area (TPSA) is 70.2 Å². The first-order chi connectivity index (χ1) is 13.0. The van der Waals surface area contributed by atoms with Gasteiger partial charge in [-0.15, -0.1) is 0 Å². The fourth-order valence-electron chi connectivity index (χ4n) is 2.85. The molecule has 27 heavy (non-hydrogen) atoms. The van der Waals surface area contributed by atoms with Gasteiger partial charge in [-0.05, 0) is 43.0 Å². The van der Waals surface area contributed by atoms with Crippen molar-refractivity contribution in [3.63, 3.8) is 0 Å². The Hall–Kier alpha value is -2.82. The summed E-state index contributed by atoms with van der Waals surface area (Å²) < 4.78 is 0. The van der Waals surface area contributed by atoms with Crippen LogP contribution in [0.25, 0.3) is 0 Å². The van der Waals surface area contributed by atoms with E-state index in [0.717, 1.165) is 18.4 Å². The minimum atomic E-state index is -0.573. The van der Waals surface area contributed by atoms with Crippen LogP contribution in [-0.4, -0.2) is 18.0 Å². The van der Waals surface area contributed by atoms with Gasteiger partial charge < -0.3 is 16.0 Å². The van der Waals surface area contributed by atoms with Gasteiger partial charge in [0.1, 0.15) is 6.04 Å². The third-order valence-electron chi connectivity index (χ3n) is 4.48. The third kappa shape index (κ3) is 6.44. The summed E-state index contributed by atoms with van der Waals surface area (Å²) in [5.74, 6) is -0.176. The van der Waals surface area contributed by atoms with E-state index in [0.29, 0.717) is 12.1 Å². The van der Waals surface area contributed by atoms with E-state index in [1.54, 1.807) is 0 Å². The van der Waals surface area contributed by atoms with Crippen LogP contribution in [0.5, 0.6) is 0 Å². The number of hydrogen-bond acceptors (Lipinski definition) is 2. The van der Waals surface area contributed by atoms with Crippen molar-refractivity contribution in [2.75, 3.05) is 5.32 Å². The summed E-state index contributed by atoms with van der Waals surface area (Å²) in [6.07, 6.45) is 2.32. The average Bonchev–Trinajstić information content (AvgIpc) is 2.68. The summed E-state index contributed by atoms with van der Waals surface area (Å²) in [4.78, 5) is 24.9. The van der Waals surface area contributed by atoms with E-state index in [4.69, 9.17) is 0 Å². The highest BCUT2D eigenvalue weighted by atomic mass is 16.2. The van der Waals surface area contributed by atoms with E-state index in [-0.39, 0.29) is 18.0 Å². The normalized spacial score (nSPS) is 12.7. The number of carbonyl (C=O) groups is 2. The lowest BCUT2D eigenvalue weighted by Gasteiger charge is -2.21. The van der Waals surface area contributed by atoms with Crippen LogP contribution in [0.1, 0.15) is 50.8 Å². The molecule has 0 aliphatic carbocycles. The molecule has 0 aliphatic rings. The zero-order valence-corrected chi connectivity index (χ0v) is 16.3. The number of benzene rings is 2. The Morgan fingerprint density at radius 1 is 0.926 bits per heavy atom. The van der Waals surface area contributed by atoms with Crippen molar-refractivity contribution < 1.29 is 9.59 Å². The minimum absolute atomic E-state index is 0.121. The van der Waals surface area contributed by atoms with Gasteiger partial charge in [0, 0.05) is 5.69 Å². The van der Waals surface area contributed by atoms with Crippen molar-refractivity contribution in [3.8, 4) is 0 Å². The van der Waals surface area contributed by atoms with Gasteiger partial charge in [-0.1, -0.05) is 62.7 Å². The predicted octanol–water partition coefficient (Wildman–Crippen LogP) is 4.42. The fraction of sp³-hybridized carbons (Fsp3) is 0.364. The van der Waals surface area contributed by atoms with Crippen LogP contribution in [0.15, 0.2) is 54.6 Å². The summed E-state index contributed by atoms with van der Waals surface area (Å²) in [5, 5.41) is 8.57. The first-order valence-corrected chi connectivity index (χ1v) is 9.55. The van der Waals surface area contributed by atoms with Crippen LogP contribution < -0.4 is 16.0 Å². The van der Waals surface area contributed by atoms with Crippen molar-refractivity contribution in [1.82, 2.24) is 10.6 Å². The van der Waals surface area contributed by atoms with Crippen molar-refractivity contribution in [1.29, 1.82) is 0 Å². The van der Waals surface area contributed by atoms with Gasteiger partial charge in [-0.25, -0.2) is 4.79 Å². The second kappa shape index (κ2) is 10.4. The Balaban J connectivity index is 1.94. The highest BCUT2D eigenvalue weighted by molar-refractivity contribution is 5.93. The minimum Gasteiger partial charge on any atom is -0.348 e. The fourth-order valence-corrected chi connectivity index (χ4v) is 2.85. The van der Waals surface area contributed by atoms with E-state index in [1.165, 1.54) is 5.56 Å². The molecule has 0 fully saturated rings. The number of amides is 3. The van der Waals surface area contributed by atoms with E-state index in [9.17, 15) is 9.59 Å². The number of rotatable bonds is 8. The van der Waals surface area contributed by atoms with Crippen molar-refractivity contribution in [2.24, 2.45) is 0 Å². The molecule has 2 aromatic carbocycles. The van der Waals surface area contributed by atoms with Crippen molar-refractivity contribution >= 4 is 17.6 Å². The molecular weight excluding hydrogens is 338 g/mol. The molecule has 3 N–H and O–H groups in total. The number of carbonyl (C=O) groups excluding carboxylic acids is 2. The second-order valence-electron chi connectivity index (χ2n) is 6.63. The molecule has 2 aromatic rings. The molecular formula is C22H29N3O2. The van der Waals surface area contributed by atoms with Gasteiger partial charge >= 0.3 is 6.03 Å². The zero-order chi connectivity index (χ0) is 19.6. The number of aryl methyl sites for hydroxylation is 1. The molecule has 2 unspecified atom stereocenters. The standard InChI is InChI=1S/C22H29N3O2/c1-4-9-20(21(26)23-16(3)18-10-7-6-8-11-18)25-22(27)24-19-14-12-17(5-2)13-15-19/h6-8,10-16,20H,4-5,9H2,1-3H3,(H,23,26)(H2,24,25,27). The molecule has 0 aromatic heterocycles. The quantitative estimate of drug-likeness (QED) is 0.646. The van der Waals surface area contributed by atoms with Crippen LogP contribution in [-0.2, 0) is 11.2 Å². The van der Waals surface area contributed by atoms with Crippen molar-refractivity contribution in [2.45, 2.75) is 52.1 Å². The SMILES string of the molecule is CCCC(NC(=O)Nc1ccc(CC)cc1)C(=O)NC(C)c1ccccc1.